The Morgan fingerprint density at radius 3 is 2.06 bits per heavy atom. The van der Waals surface area contributed by atoms with Crippen molar-refractivity contribution in [3.63, 3.8) is 0 Å². The fraction of sp³-hybridized carbons (Fsp3) is 0.636. The van der Waals surface area contributed by atoms with Crippen LogP contribution in [0.5, 0.6) is 0 Å². The summed E-state index contributed by atoms with van der Waals surface area (Å²) in [6, 6.07) is -0.340. The third-order valence-electron chi connectivity index (χ3n) is 1.64. The molecule has 0 saturated carbocycles. The van der Waals surface area contributed by atoms with Gasteiger partial charge in [0, 0.05) is 13.1 Å². The van der Waals surface area contributed by atoms with E-state index in [2.05, 4.69) is 17.2 Å². The molecule has 7 heteroatoms. The first-order valence-corrected chi connectivity index (χ1v) is 5.55. The van der Waals surface area contributed by atoms with Crippen LogP contribution in [0.15, 0.2) is 12.2 Å². The number of nitrogens with one attached hydrogen (secondary N) is 2. The van der Waals surface area contributed by atoms with Gasteiger partial charge >= 0.3 is 12.0 Å². The summed E-state index contributed by atoms with van der Waals surface area (Å²) in [4.78, 5) is 21.3. The van der Waals surface area contributed by atoms with Crippen LogP contribution >= 0.6 is 0 Å². The van der Waals surface area contributed by atoms with Gasteiger partial charge in [-0.1, -0.05) is 12.2 Å². The van der Waals surface area contributed by atoms with Crippen molar-refractivity contribution >= 4 is 12.0 Å². The Kier molecular flexibility index (Phi) is 9.61. The molecule has 0 saturated heterocycles. The Hall–Kier alpha value is -1.60. The van der Waals surface area contributed by atoms with Crippen LogP contribution < -0.4 is 10.6 Å². The SMILES string of the molecule is C=C(C)COCCNC(=O)NCCOCC(=O)O. The van der Waals surface area contributed by atoms with E-state index in [9.17, 15) is 9.59 Å². The van der Waals surface area contributed by atoms with Gasteiger partial charge in [-0.3, -0.25) is 0 Å². The lowest BCUT2D eigenvalue weighted by atomic mass is 10.4. The Balaban J connectivity index is 3.27. The molecule has 2 amide bonds. The molecular formula is C11H20N2O5. The Morgan fingerprint density at radius 1 is 1.11 bits per heavy atom. The lowest BCUT2D eigenvalue weighted by molar-refractivity contribution is -0.142. The molecule has 0 aliphatic carbocycles. The van der Waals surface area contributed by atoms with Crippen LogP contribution in [-0.2, 0) is 14.3 Å². The quantitative estimate of drug-likeness (QED) is 0.379. The van der Waals surface area contributed by atoms with E-state index in [0.717, 1.165) is 5.57 Å². The standard InChI is InChI=1S/C11H20N2O5/c1-9(2)7-17-5-3-12-11(16)13-4-6-18-8-10(14)15/h1,3-8H2,2H3,(H,14,15)(H2,12,13,16). The smallest absolute Gasteiger partial charge is 0.329 e. The van der Waals surface area contributed by atoms with E-state index in [1.54, 1.807) is 0 Å². The summed E-state index contributed by atoms with van der Waals surface area (Å²) < 4.78 is 9.92. The molecule has 0 aromatic heterocycles. The van der Waals surface area contributed by atoms with Crippen LogP contribution in [0.25, 0.3) is 0 Å². The van der Waals surface area contributed by atoms with Crippen molar-refractivity contribution in [2.45, 2.75) is 6.92 Å². The third-order valence-corrected chi connectivity index (χ3v) is 1.64. The largest absolute Gasteiger partial charge is 0.480 e. The topological polar surface area (TPSA) is 96.9 Å². The molecule has 0 aliphatic heterocycles. The second kappa shape index (κ2) is 10.5. The van der Waals surface area contributed by atoms with E-state index in [1.807, 2.05) is 6.92 Å². The van der Waals surface area contributed by atoms with Crippen molar-refractivity contribution in [3.8, 4) is 0 Å². The minimum absolute atomic E-state index is 0.159. The maximum absolute atomic E-state index is 11.2. The van der Waals surface area contributed by atoms with Crippen molar-refractivity contribution in [1.29, 1.82) is 0 Å². The molecule has 0 atom stereocenters. The van der Waals surface area contributed by atoms with Crippen LogP contribution in [0, 0.1) is 0 Å². The first-order chi connectivity index (χ1) is 8.52. The average Bonchev–Trinajstić information content (AvgIpc) is 2.27. The minimum Gasteiger partial charge on any atom is -0.480 e. The molecule has 104 valence electrons. The van der Waals surface area contributed by atoms with Crippen molar-refractivity contribution in [3.05, 3.63) is 12.2 Å². The predicted molar refractivity (Wildman–Crippen MR) is 65.5 cm³/mol. The van der Waals surface area contributed by atoms with E-state index < -0.39 is 5.97 Å². The molecule has 0 unspecified atom stereocenters. The number of carboxylic acid groups (broad SMARTS) is 1. The highest BCUT2D eigenvalue weighted by Crippen LogP contribution is 1.86. The summed E-state index contributed by atoms with van der Waals surface area (Å²) in [6.07, 6.45) is 0. The van der Waals surface area contributed by atoms with Gasteiger partial charge in [-0.2, -0.15) is 0 Å². The third kappa shape index (κ3) is 12.5. The Morgan fingerprint density at radius 2 is 1.61 bits per heavy atom. The first kappa shape index (κ1) is 16.4. The van der Waals surface area contributed by atoms with E-state index in [0.29, 0.717) is 19.8 Å². The highest BCUT2D eigenvalue weighted by Gasteiger charge is 1.99. The van der Waals surface area contributed by atoms with Crippen molar-refractivity contribution in [2.24, 2.45) is 0 Å². The lowest BCUT2D eigenvalue weighted by Crippen LogP contribution is -2.39. The Labute approximate surface area is 106 Å². The van der Waals surface area contributed by atoms with Crippen LogP contribution in [0.4, 0.5) is 4.79 Å². The number of hydrogen-bond acceptors (Lipinski definition) is 4. The molecule has 0 rings (SSSR count). The zero-order valence-electron chi connectivity index (χ0n) is 10.5. The van der Waals surface area contributed by atoms with Gasteiger partial charge in [0.2, 0.25) is 0 Å². The number of carbonyl (C=O) groups is 2. The number of aliphatic carboxylic acids is 1. The summed E-state index contributed by atoms with van der Waals surface area (Å²) in [6.45, 7) is 6.88. The van der Waals surface area contributed by atoms with E-state index in [4.69, 9.17) is 14.6 Å². The fourth-order valence-electron chi connectivity index (χ4n) is 0.942. The van der Waals surface area contributed by atoms with Crippen LogP contribution in [0.2, 0.25) is 0 Å². The molecule has 0 fully saturated rings. The second-order valence-electron chi connectivity index (χ2n) is 3.64. The summed E-state index contributed by atoms with van der Waals surface area (Å²) in [5.74, 6) is -1.03. The highest BCUT2D eigenvalue weighted by atomic mass is 16.5. The molecule has 0 aromatic carbocycles. The molecular weight excluding hydrogens is 240 g/mol. The number of urea groups is 1. The molecule has 0 radical (unpaired) electrons. The maximum Gasteiger partial charge on any atom is 0.329 e. The summed E-state index contributed by atoms with van der Waals surface area (Å²) >= 11 is 0. The highest BCUT2D eigenvalue weighted by molar-refractivity contribution is 5.73. The van der Waals surface area contributed by atoms with E-state index in [-0.39, 0.29) is 25.8 Å². The molecule has 0 aliphatic rings. The zero-order chi connectivity index (χ0) is 13.8. The van der Waals surface area contributed by atoms with Gasteiger partial charge in [-0.05, 0) is 6.92 Å². The predicted octanol–water partition coefficient (Wildman–Crippen LogP) is -0.0205. The number of amides is 2. The average molecular weight is 260 g/mol. The number of ether oxygens (including phenoxy) is 2. The number of carbonyl (C=O) groups excluding carboxylic acids is 1. The Bertz CT molecular complexity index is 255. The zero-order valence-corrected chi connectivity index (χ0v) is 10.5. The molecule has 18 heavy (non-hydrogen) atoms. The van der Waals surface area contributed by atoms with Crippen LogP contribution in [0.3, 0.4) is 0 Å². The van der Waals surface area contributed by atoms with Gasteiger partial charge in [0.05, 0.1) is 19.8 Å². The summed E-state index contributed by atoms with van der Waals surface area (Å²) in [7, 11) is 0. The summed E-state index contributed by atoms with van der Waals surface area (Å²) in [5.41, 5.74) is 0.926. The number of rotatable bonds is 10. The van der Waals surface area contributed by atoms with E-state index >= 15 is 0 Å². The summed E-state index contributed by atoms with van der Waals surface area (Å²) in [5, 5.41) is 13.4. The minimum atomic E-state index is -1.03. The van der Waals surface area contributed by atoms with Crippen molar-refractivity contribution in [2.75, 3.05) is 39.5 Å². The van der Waals surface area contributed by atoms with Crippen LogP contribution in [-0.4, -0.2) is 56.6 Å². The lowest BCUT2D eigenvalue weighted by Gasteiger charge is -2.08. The van der Waals surface area contributed by atoms with Gasteiger partial charge in [0.25, 0.3) is 0 Å². The molecule has 7 nitrogen and oxygen atoms in total. The molecule has 3 N–H and O–H groups in total. The van der Waals surface area contributed by atoms with Crippen LogP contribution in [0.1, 0.15) is 6.92 Å². The van der Waals surface area contributed by atoms with Crippen molar-refractivity contribution in [1.82, 2.24) is 10.6 Å². The normalized spacial score (nSPS) is 9.83. The molecule has 0 heterocycles. The molecule has 0 aromatic rings. The van der Waals surface area contributed by atoms with Gasteiger partial charge in [-0.25, -0.2) is 9.59 Å². The van der Waals surface area contributed by atoms with Gasteiger partial charge < -0.3 is 25.2 Å². The number of carboxylic acids is 1. The molecule has 0 spiro atoms. The van der Waals surface area contributed by atoms with Gasteiger partial charge in [0.15, 0.2) is 0 Å². The molecule has 0 bridgehead atoms. The first-order valence-electron chi connectivity index (χ1n) is 5.55. The fourth-order valence-corrected chi connectivity index (χ4v) is 0.942. The monoisotopic (exact) mass is 260 g/mol. The number of hydrogen-bond donors (Lipinski definition) is 3. The second-order valence-corrected chi connectivity index (χ2v) is 3.64. The van der Waals surface area contributed by atoms with Gasteiger partial charge in [0.1, 0.15) is 6.61 Å². The van der Waals surface area contributed by atoms with E-state index in [1.165, 1.54) is 0 Å². The van der Waals surface area contributed by atoms with Crippen molar-refractivity contribution < 1.29 is 24.2 Å². The van der Waals surface area contributed by atoms with Gasteiger partial charge in [-0.15, -0.1) is 0 Å². The maximum atomic E-state index is 11.2.